The molecule has 2 heterocycles. The van der Waals surface area contributed by atoms with Crippen molar-refractivity contribution < 1.29 is 4.79 Å². The predicted octanol–water partition coefficient (Wildman–Crippen LogP) is 2.95. The number of amides is 1. The minimum atomic E-state index is -0.164. The summed E-state index contributed by atoms with van der Waals surface area (Å²) < 4.78 is 1.81. The number of rotatable bonds is 4. The smallest absolute Gasteiger partial charge is 0.262 e. The molecule has 1 aliphatic carbocycles. The number of piperazine rings is 1. The number of H-pyrrole nitrogens is 1. The van der Waals surface area contributed by atoms with Gasteiger partial charge in [0.25, 0.3) is 11.5 Å². The van der Waals surface area contributed by atoms with Gasteiger partial charge in [-0.1, -0.05) is 18.9 Å². The molecule has 4 rings (SSSR count). The fourth-order valence-electron chi connectivity index (χ4n) is 4.42. The summed E-state index contributed by atoms with van der Waals surface area (Å²) in [6.07, 6.45) is 6.88. The summed E-state index contributed by atoms with van der Waals surface area (Å²) in [6, 6.07) is 5.90. The fourth-order valence-corrected chi connectivity index (χ4v) is 4.69. The van der Waals surface area contributed by atoms with Crippen molar-refractivity contribution in [2.45, 2.75) is 38.3 Å². The van der Waals surface area contributed by atoms with Crippen molar-refractivity contribution in [3.63, 3.8) is 0 Å². The number of fused-ring (bicyclic) bond motifs is 1. The third-order valence-corrected chi connectivity index (χ3v) is 6.31. The van der Waals surface area contributed by atoms with Gasteiger partial charge in [0.2, 0.25) is 0 Å². The molecule has 1 saturated heterocycles. The van der Waals surface area contributed by atoms with Crippen molar-refractivity contribution in [1.82, 2.24) is 19.4 Å². The zero-order chi connectivity index (χ0) is 19.7. The van der Waals surface area contributed by atoms with E-state index in [2.05, 4.69) is 16.5 Å². The lowest BCUT2D eigenvalue weighted by atomic mass is 10.1. The quantitative estimate of drug-likeness (QED) is 0.635. The van der Waals surface area contributed by atoms with Crippen LogP contribution in [0.25, 0.3) is 10.9 Å². The molecule has 148 valence electrons. The number of benzene rings is 1. The lowest BCUT2D eigenvalue weighted by molar-refractivity contribution is 0.0573. The molecule has 6 nitrogen and oxygen atoms in total. The molecule has 1 aromatic heterocycles. The summed E-state index contributed by atoms with van der Waals surface area (Å²) in [4.78, 5) is 33.1. The van der Waals surface area contributed by atoms with Gasteiger partial charge < -0.3 is 9.88 Å². The molecule has 0 atom stereocenters. The van der Waals surface area contributed by atoms with Gasteiger partial charge in [-0.3, -0.25) is 19.1 Å². The van der Waals surface area contributed by atoms with E-state index in [-0.39, 0.29) is 11.5 Å². The van der Waals surface area contributed by atoms with E-state index >= 15 is 0 Å². The van der Waals surface area contributed by atoms with Crippen LogP contribution in [0.1, 0.15) is 36.0 Å². The van der Waals surface area contributed by atoms with Gasteiger partial charge in [-0.15, -0.1) is 6.58 Å². The normalized spacial score (nSPS) is 18.6. The van der Waals surface area contributed by atoms with Gasteiger partial charge in [0.15, 0.2) is 4.77 Å². The van der Waals surface area contributed by atoms with Crippen LogP contribution >= 0.6 is 12.2 Å². The first kappa shape index (κ1) is 19.1. The summed E-state index contributed by atoms with van der Waals surface area (Å²) in [5.41, 5.74) is 1.03. The lowest BCUT2D eigenvalue weighted by Gasteiger charge is -2.38. The molecule has 2 aromatic rings. The van der Waals surface area contributed by atoms with Gasteiger partial charge >= 0.3 is 0 Å². The average molecular weight is 399 g/mol. The maximum Gasteiger partial charge on any atom is 0.262 e. The molecule has 2 fully saturated rings. The molecule has 0 spiro atoms. The van der Waals surface area contributed by atoms with Crippen LogP contribution in [0.5, 0.6) is 0 Å². The molecule has 0 radical (unpaired) electrons. The first-order chi connectivity index (χ1) is 13.6. The second-order valence-electron chi connectivity index (χ2n) is 7.66. The predicted molar refractivity (Wildman–Crippen MR) is 113 cm³/mol. The van der Waals surface area contributed by atoms with Gasteiger partial charge in [0, 0.05) is 44.3 Å². The van der Waals surface area contributed by atoms with E-state index in [0.29, 0.717) is 33.8 Å². The third kappa shape index (κ3) is 3.56. The Bertz CT molecular complexity index is 1010. The molecule has 0 unspecified atom stereocenters. The Labute approximate surface area is 169 Å². The summed E-state index contributed by atoms with van der Waals surface area (Å²) in [6.45, 7) is 7.42. The number of carbonyl (C=O) groups is 1. The number of nitrogens with zero attached hydrogens (tertiary/aromatic N) is 3. The molecule has 7 heteroatoms. The van der Waals surface area contributed by atoms with Crippen molar-refractivity contribution in [2.24, 2.45) is 0 Å². The topological polar surface area (TPSA) is 61.3 Å². The summed E-state index contributed by atoms with van der Waals surface area (Å²) >= 11 is 5.29. The first-order valence-corrected chi connectivity index (χ1v) is 10.4. The summed E-state index contributed by atoms with van der Waals surface area (Å²) in [5.74, 6) is 0.0163. The van der Waals surface area contributed by atoms with E-state index in [1.165, 1.54) is 30.3 Å². The van der Waals surface area contributed by atoms with E-state index in [0.717, 1.165) is 26.2 Å². The second-order valence-corrected chi connectivity index (χ2v) is 8.05. The first-order valence-electron chi connectivity index (χ1n) is 9.99. The number of allylic oxidation sites excluding steroid dienone is 1. The minimum absolute atomic E-state index is 0.0163. The number of aromatic nitrogens is 2. The minimum Gasteiger partial charge on any atom is -0.336 e. The van der Waals surface area contributed by atoms with E-state index in [1.807, 2.05) is 4.90 Å². The number of carbonyl (C=O) groups excluding carboxylic acids is 1. The Morgan fingerprint density at radius 1 is 1.21 bits per heavy atom. The van der Waals surface area contributed by atoms with Crippen LogP contribution in [0.4, 0.5) is 0 Å². The third-order valence-electron chi connectivity index (χ3n) is 5.98. The van der Waals surface area contributed by atoms with Gasteiger partial charge in [-0.2, -0.15) is 0 Å². The maximum atomic E-state index is 13.0. The monoisotopic (exact) mass is 398 g/mol. The highest BCUT2D eigenvalue weighted by Gasteiger charge is 2.28. The zero-order valence-corrected chi connectivity index (χ0v) is 16.8. The molecule has 28 heavy (non-hydrogen) atoms. The zero-order valence-electron chi connectivity index (χ0n) is 16.0. The lowest BCUT2D eigenvalue weighted by Crippen LogP contribution is -2.51. The highest BCUT2D eigenvalue weighted by molar-refractivity contribution is 7.71. The van der Waals surface area contributed by atoms with E-state index < -0.39 is 0 Å². The van der Waals surface area contributed by atoms with Crippen molar-refractivity contribution in [1.29, 1.82) is 0 Å². The molecule has 0 bridgehead atoms. The van der Waals surface area contributed by atoms with Crippen LogP contribution in [0.15, 0.2) is 35.6 Å². The van der Waals surface area contributed by atoms with Gasteiger partial charge in [-0.05, 0) is 43.3 Å². The van der Waals surface area contributed by atoms with Crippen molar-refractivity contribution in [2.75, 3.05) is 26.2 Å². The molecular weight excluding hydrogens is 372 g/mol. The molecule has 1 aliphatic heterocycles. The number of aromatic amines is 1. The van der Waals surface area contributed by atoms with Crippen LogP contribution < -0.4 is 5.56 Å². The average Bonchev–Trinajstić information content (AvgIpc) is 3.25. The number of nitrogens with one attached hydrogen (secondary N) is 1. The van der Waals surface area contributed by atoms with E-state index in [1.54, 1.807) is 24.3 Å². The van der Waals surface area contributed by atoms with Crippen LogP contribution in [0, 0.1) is 4.77 Å². The van der Waals surface area contributed by atoms with E-state index in [9.17, 15) is 9.59 Å². The van der Waals surface area contributed by atoms with Crippen LogP contribution in [0.3, 0.4) is 0 Å². The fraction of sp³-hybridized carbons (Fsp3) is 0.476. The Morgan fingerprint density at radius 3 is 2.61 bits per heavy atom. The standard InChI is InChI=1S/C21H26N4O2S/c1-2-9-25-20(27)17-8-7-15(14-18(17)22-21(25)28)19(26)24-12-10-23(11-13-24)16-5-3-4-6-16/h2,7-8,14,16H,1,3-6,9-13H2,(H,22,28). The summed E-state index contributed by atoms with van der Waals surface area (Å²) in [7, 11) is 0. The Hall–Kier alpha value is -2.25. The van der Waals surface area contributed by atoms with Crippen molar-refractivity contribution >= 4 is 29.0 Å². The Kier molecular flexibility index (Phi) is 5.46. The SMILES string of the molecule is C=CCn1c(=S)[nH]c2cc(C(=O)N3CCN(C4CCCC4)CC3)ccc2c1=O. The van der Waals surface area contributed by atoms with Crippen LogP contribution in [-0.4, -0.2) is 57.5 Å². The molecule has 1 saturated carbocycles. The molecule has 2 aliphatic rings. The number of hydrogen-bond acceptors (Lipinski definition) is 4. The Morgan fingerprint density at radius 2 is 1.93 bits per heavy atom. The molecular formula is C21H26N4O2S. The largest absolute Gasteiger partial charge is 0.336 e. The summed E-state index contributed by atoms with van der Waals surface area (Å²) in [5, 5.41) is 0.526. The highest BCUT2D eigenvalue weighted by Crippen LogP contribution is 2.24. The van der Waals surface area contributed by atoms with Crippen molar-refractivity contribution in [3.8, 4) is 0 Å². The molecule has 1 amide bonds. The van der Waals surface area contributed by atoms with Crippen LogP contribution in [-0.2, 0) is 6.54 Å². The maximum absolute atomic E-state index is 13.0. The second kappa shape index (κ2) is 8.01. The van der Waals surface area contributed by atoms with Gasteiger partial charge in [0.1, 0.15) is 0 Å². The van der Waals surface area contributed by atoms with Crippen molar-refractivity contribution in [3.05, 3.63) is 51.5 Å². The van der Waals surface area contributed by atoms with E-state index in [4.69, 9.17) is 12.2 Å². The van der Waals surface area contributed by atoms with Crippen LogP contribution in [0.2, 0.25) is 0 Å². The van der Waals surface area contributed by atoms with Gasteiger partial charge in [0.05, 0.1) is 10.9 Å². The molecule has 1 N–H and O–H groups in total. The number of hydrogen-bond donors (Lipinski definition) is 1. The Balaban J connectivity index is 1.53. The van der Waals surface area contributed by atoms with Gasteiger partial charge in [-0.25, -0.2) is 0 Å². The highest BCUT2D eigenvalue weighted by atomic mass is 32.1. The molecule has 1 aromatic carbocycles.